The first-order valence-electron chi connectivity index (χ1n) is 5.47. The minimum absolute atomic E-state index is 0.165. The van der Waals surface area contributed by atoms with Gasteiger partial charge in [-0.1, -0.05) is 0 Å². The van der Waals surface area contributed by atoms with E-state index in [4.69, 9.17) is 0 Å². The molecule has 1 aromatic rings. The Morgan fingerprint density at radius 3 is 3.19 bits per heavy atom. The fourth-order valence-corrected chi connectivity index (χ4v) is 3.25. The van der Waals surface area contributed by atoms with Crippen LogP contribution in [-0.2, 0) is 11.2 Å². The first-order chi connectivity index (χ1) is 7.74. The normalized spacial score (nSPS) is 19.9. The summed E-state index contributed by atoms with van der Waals surface area (Å²) >= 11 is 5.11. The molecule has 0 aliphatic carbocycles. The second-order valence-corrected chi connectivity index (χ2v) is 5.90. The van der Waals surface area contributed by atoms with E-state index in [9.17, 15) is 4.79 Å². The molecule has 1 aliphatic heterocycles. The van der Waals surface area contributed by atoms with Crippen LogP contribution >= 0.6 is 27.3 Å². The Bertz CT molecular complexity index is 361. The van der Waals surface area contributed by atoms with Crippen LogP contribution in [0, 0.1) is 0 Å². The van der Waals surface area contributed by atoms with Gasteiger partial charge in [0.1, 0.15) is 0 Å². The first kappa shape index (κ1) is 12.1. The van der Waals surface area contributed by atoms with Crippen molar-refractivity contribution in [3.63, 3.8) is 0 Å². The number of nitrogens with one attached hydrogen (secondary N) is 2. The van der Waals surface area contributed by atoms with E-state index in [2.05, 4.69) is 32.6 Å². The molecule has 88 valence electrons. The van der Waals surface area contributed by atoms with Gasteiger partial charge < -0.3 is 10.6 Å². The summed E-state index contributed by atoms with van der Waals surface area (Å²) in [7, 11) is 0. The number of amides is 1. The minimum atomic E-state index is 0.165. The molecule has 1 aliphatic rings. The topological polar surface area (TPSA) is 41.1 Å². The van der Waals surface area contributed by atoms with Gasteiger partial charge in [0.25, 0.3) is 0 Å². The fourth-order valence-electron chi connectivity index (χ4n) is 1.80. The van der Waals surface area contributed by atoms with Gasteiger partial charge in [-0.2, -0.15) is 0 Å². The molecule has 3 nitrogen and oxygen atoms in total. The van der Waals surface area contributed by atoms with Crippen molar-refractivity contribution >= 4 is 33.2 Å². The van der Waals surface area contributed by atoms with Gasteiger partial charge in [-0.3, -0.25) is 4.79 Å². The van der Waals surface area contributed by atoms with Gasteiger partial charge >= 0.3 is 0 Å². The fraction of sp³-hybridized carbons (Fsp3) is 0.545. The lowest BCUT2D eigenvalue weighted by Gasteiger charge is -2.10. The van der Waals surface area contributed by atoms with Crippen LogP contribution in [0.4, 0.5) is 0 Å². The summed E-state index contributed by atoms with van der Waals surface area (Å²) in [5, 5.41) is 8.33. The van der Waals surface area contributed by atoms with Crippen molar-refractivity contribution in [3.05, 3.63) is 20.8 Å². The number of rotatable bonds is 4. The zero-order valence-electron chi connectivity index (χ0n) is 8.96. The number of carbonyl (C=O) groups is 1. The number of thiophene rings is 1. The Labute approximate surface area is 108 Å². The van der Waals surface area contributed by atoms with Gasteiger partial charge in [-0.15, -0.1) is 11.3 Å². The van der Waals surface area contributed by atoms with E-state index in [1.165, 1.54) is 4.88 Å². The average molecular weight is 303 g/mol. The van der Waals surface area contributed by atoms with Crippen LogP contribution in [0.15, 0.2) is 15.9 Å². The van der Waals surface area contributed by atoms with Crippen LogP contribution in [0.3, 0.4) is 0 Å². The van der Waals surface area contributed by atoms with Gasteiger partial charge in [0, 0.05) is 33.7 Å². The van der Waals surface area contributed by atoms with E-state index < -0.39 is 0 Å². The van der Waals surface area contributed by atoms with Crippen LogP contribution in [-0.4, -0.2) is 25.0 Å². The summed E-state index contributed by atoms with van der Waals surface area (Å²) in [6.07, 6.45) is 2.47. The minimum Gasteiger partial charge on any atom is -0.352 e. The maximum atomic E-state index is 11.6. The van der Waals surface area contributed by atoms with Crippen LogP contribution in [0.25, 0.3) is 0 Å². The Kier molecular flexibility index (Phi) is 4.37. The van der Waals surface area contributed by atoms with E-state index in [1.807, 2.05) is 5.38 Å². The molecule has 2 N–H and O–H groups in total. The lowest BCUT2D eigenvalue weighted by Crippen LogP contribution is -2.36. The van der Waals surface area contributed by atoms with Gasteiger partial charge in [-0.05, 0) is 41.4 Å². The molecule has 5 heteroatoms. The molecular weight excluding hydrogens is 288 g/mol. The second-order valence-electron chi connectivity index (χ2n) is 3.99. The smallest absolute Gasteiger partial charge is 0.220 e. The molecular formula is C11H15BrN2OS. The van der Waals surface area contributed by atoms with E-state index in [0.29, 0.717) is 12.5 Å². The van der Waals surface area contributed by atoms with E-state index in [0.717, 1.165) is 30.4 Å². The summed E-state index contributed by atoms with van der Waals surface area (Å²) in [5.74, 6) is 0.165. The highest BCUT2D eigenvalue weighted by Gasteiger charge is 2.16. The number of carbonyl (C=O) groups excluding carboxylic acids is 1. The zero-order chi connectivity index (χ0) is 11.4. The molecule has 2 rings (SSSR count). The Morgan fingerprint density at radius 1 is 1.69 bits per heavy atom. The highest BCUT2D eigenvalue weighted by Crippen LogP contribution is 2.20. The summed E-state index contributed by atoms with van der Waals surface area (Å²) in [5.41, 5.74) is 0. The molecule has 1 atom stereocenters. The molecule has 16 heavy (non-hydrogen) atoms. The monoisotopic (exact) mass is 302 g/mol. The van der Waals surface area contributed by atoms with Crippen molar-refractivity contribution < 1.29 is 4.79 Å². The predicted octanol–water partition coefficient (Wildman–Crippen LogP) is 1.92. The lowest BCUT2D eigenvalue weighted by molar-refractivity contribution is -0.121. The molecule has 0 saturated carbocycles. The second kappa shape index (κ2) is 5.80. The van der Waals surface area contributed by atoms with Crippen molar-refractivity contribution in [2.24, 2.45) is 0 Å². The highest BCUT2D eigenvalue weighted by molar-refractivity contribution is 9.10. The summed E-state index contributed by atoms with van der Waals surface area (Å²) in [6.45, 7) is 1.93. The standard InChI is InChI=1S/C11H15BrN2OS/c12-8-5-10(16-7-8)1-2-11(15)14-9-3-4-13-6-9/h5,7,9,13H,1-4,6H2,(H,14,15). The van der Waals surface area contributed by atoms with Crippen molar-refractivity contribution in [1.29, 1.82) is 0 Å². The van der Waals surface area contributed by atoms with Gasteiger partial charge in [-0.25, -0.2) is 0 Å². The van der Waals surface area contributed by atoms with Crippen molar-refractivity contribution in [2.75, 3.05) is 13.1 Å². The predicted molar refractivity (Wildman–Crippen MR) is 69.8 cm³/mol. The van der Waals surface area contributed by atoms with Crippen molar-refractivity contribution in [2.45, 2.75) is 25.3 Å². The number of hydrogen-bond donors (Lipinski definition) is 2. The highest BCUT2D eigenvalue weighted by atomic mass is 79.9. The number of hydrogen-bond acceptors (Lipinski definition) is 3. The number of halogens is 1. The Balaban J connectivity index is 1.71. The molecule has 0 radical (unpaired) electrons. The average Bonchev–Trinajstić information content (AvgIpc) is 2.87. The Hall–Kier alpha value is -0.390. The van der Waals surface area contributed by atoms with Gasteiger partial charge in [0.05, 0.1) is 0 Å². The summed E-state index contributed by atoms with van der Waals surface area (Å²) in [4.78, 5) is 12.9. The van der Waals surface area contributed by atoms with E-state index in [-0.39, 0.29) is 5.91 Å². The van der Waals surface area contributed by atoms with E-state index in [1.54, 1.807) is 11.3 Å². The molecule has 0 bridgehead atoms. The summed E-state index contributed by atoms with van der Waals surface area (Å²) in [6, 6.07) is 2.41. The third-order valence-electron chi connectivity index (χ3n) is 2.65. The van der Waals surface area contributed by atoms with Gasteiger partial charge in [0.15, 0.2) is 0 Å². The molecule has 2 heterocycles. The first-order valence-corrected chi connectivity index (χ1v) is 7.14. The SMILES string of the molecule is O=C(CCc1cc(Br)cs1)NC1CCNC1. The lowest BCUT2D eigenvalue weighted by atomic mass is 10.2. The quantitative estimate of drug-likeness (QED) is 0.892. The number of aryl methyl sites for hydroxylation is 1. The third-order valence-corrected chi connectivity index (χ3v) is 4.40. The molecule has 1 aromatic heterocycles. The van der Waals surface area contributed by atoms with Crippen LogP contribution in [0.2, 0.25) is 0 Å². The Morgan fingerprint density at radius 2 is 2.56 bits per heavy atom. The van der Waals surface area contributed by atoms with Crippen LogP contribution in [0.1, 0.15) is 17.7 Å². The molecule has 1 fully saturated rings. The van der Waals surface area contributed by atoms with Crippen LogP contribution < -0.4 is 10.6 Å². The molecule has 1 unspecified atom stereocenters. The molecule has 0 spiro atoms. The maximum Gasteiger partial charge on any atom is 0.220 e. The largest absolute Gasteiger partial charge is 0.352 e. The maximum absolute atomic E-state index is 11.6. The molecule has 1 saturated heterocycles. The molecule has 1 amide bonds. The van der Waals surface area contributed by atoms with Crippen molar-refractivity contribution in [1.82, 2.24) is 10.6 Å². The zero-order valence-corrected chi connectivity index (χ0v) is 11.4. The van der Waals surface area contributed by atoms with Crippen molar-refractivity contribution in [3.8, 4) is 0 Å². The molecule has 0 aromatic carbocycles. The summed E-state index contributed by atoms with van der Waals surface area (Å²) < 4.78 is 1.10. The third kappa shape index (κ3) is 3.57. The van der Waals surface area contributed by atoms with Gasteiger partial charge in [0.2, 0.25) is 5.91 Å². The van der Waals surface area contributed by atoms with Crippen LogP contribution in [0.5, 0.6) is 0 Å². The van der Waals surface area contributed by atoms with E-state index >= 15 is 0 Å².